The molecule has 9 nitrogen and oxygen atoms in total. The van der Waals surface area contributed by atoms with Gasteiger partial charge in [0.2, 0.25) is 5.91 Å². The zero-order valence-electron chi connectivity index (χ0n) is 15.6. The van der Waals surface area contributed by atoms with E-state index in [-0.39, 0.29) is 12.4 Å². The Morgan fingerprint density at radius 2 is 2.24 bits per heavy atom. The van der Waals surface area contributed by atoms with E-state index in [1.165, 1.54) is 0 Å². The number of halogens is 2. The third kappa shape index (κ3) is 3.43. The van der Waals surface area contributed by atoms with Crippen LogP contribution in [0.2, 0.25) is 0 Å². The number of anilines is 2. The van der Waals surface area contributed by atoms with Gasteiger partial charge in [0.1, 0.15) is 30.3 Å². The summed E-state index contributed by atoms with van der Waals surface area (Å²) in [5.41, 5.74) is 6.58. The second-order valence-corrected chi connectivity index (χ2v) is 6.90. The van der Waals surface area contributed by atoms with Gasteiger partial charge in [-0.25, -0.2) is 18.6 Å². The number of nitrogens with zero attached hydrogens (tertiary/aromatic N) is 3. The summed E-state index contributed by atoms with van der Waals surface area (Å²) in [5, 5.41) is 5.42. The Hall–Kier alpha value is -3.37. The first kappa shape index (κ1) is 19.0. The predicted molar refractivity (Wildman–Crippen MR) is 101 cm³/mol. The number of rotatable bonds is 5. The lowest BCUT2D eigenvalue weighted by atomic mass is 10.1. The van der Waals surface area contributed by atoms with Crippen LogP contribution in [0.4, 0.5) is 25.1 Å². The zero-order chi connectivity index (χ0) is 20.7. The summed E-state index contributed by atoms with van der Waals surface area (Å²) in [7, 11) is 0. The van der Waals surface area contributed by atoms with Gasteiger partial charge in [-0.3, -0.25) is 9.69 Å². The van der Waals surface area contributed by atoms with Crippen LogP contribution in [-0.2, 0) is 11.3 Å². The van der Waals surface area contributed by atoms with Crippen LogP contribution in [-0.4, -0.2) is 53.2 Å². The number of carbonyl (C=O) groups is 2. The minimum absolute atomic E-state index is 0.133. The highest BCUT2D eigenvalue weighted by Gasteiger charge is 2.40. The van der Waals surface area contributed by atoms with E-state index in [0.29, 0.717) is 36.0 Å². The molecule has 3 heterocycles. The number of urea groups is 1. The van der Waals surface area contributed by atoms with Gasteiger partial charge in [0.05, 0.1) is 12.1 Å². The molecule has 3 amide bonds. The van der Waals surface area contributed by atoms with Crippen LogP contribution >= 0.6 is 0 Å². The molecule has 2 aliphatic rings. The number of imidazole rings is 1. The van der Waals surface area contributed by atoms with Crippen molar-refractivity contribution in [3.05, 3.63) is 24.4 Å². The van der Waals surface area contributed by atoms with Crippen LogP contribution in [0.5, 0.6) is 5.75 Å². The van der Waals surface area contributed by atoms with Gasteiger partial charge < -0.3 is 25.7 Å². The summed E-state index contributed by atoms with van der Waals surface area (Å²) in [5.74, 6) is 0.713. The minimum Gasteiger partial charge on any atom is -0.491 e. The molecule has 2 aliphatic heterocycles. The van der Waals surface area contributed by atoms with E-state index in [4.69, 9.17) is 10.5 Å². The lowest BCUT2D eigenvalue weighted by Crippen LogP contribution is -2.39. The van der Waals surface area contributed by atoms with Gasteiger partial charge in [0.25, 0.3) is 6.43 Å². The molecule has 0 spiro atoms. The topological polar surface area (TPSA) is 115 Å². The number of aromatic nitrogens is 2. The Balaban J connectivity index is 1.68. The normalized spacial score (nSPS) is 19.1. The summed E-state index contributed by atoms with van der Waals surface area (Å²) in [6.07, 6.45) is -1.11. The Labute approximate surface area is 164 Å². The number of hydrogen-bond donors (Lipinski definition) is 3. The van der Waals surface area contributed by atoms with E-state index in [2.05, 4.69) is 15.6 Å². The number of alkyl halides is 2. The van der Waals surface area contributed by atoms with Crippen LogP contribution in [0.1, 0.15) is 6.92 Å². The number of ether oxygens (including phenoxy) is 1. The third-order valence-electron chi connectivity index (χ3n) is 4.94. The highest BCUT2D eigenvalue weighted by atomic mass is 19.3. The van der Waals surface area contributed by atoms with E-state index in [0.717, 1.165) is 4.90 Å². The van der Waals surface area contributed by atoms with E-state index >= 15 is 0 Å². The van der Waals surface area contributed by atoms with E-state index in [1.807, 2.05) is 0 Å². The van der Waals surface area contributed by atoms with Crippen molar-refractivity contribution < 1.29 is 23.1 Å². The second-order valence-electron chi connectivity index (χ2n) is 6.90. The van der Waals surface area contributed by atoms with E-state index in [9.17, 15) is 18.4 Å². The maximum Gasteiger partial charge on any atom is 0.323 e. The Kier molecular flexibility index (Phi) is 4.73. The maximum atomic E-state index is 13.3. The number of carbonyl (C=O) groups excluding carboxylic acids is 2. The molecule has 0 saturated carbocycles. The number of hydrogen-bond acceptors (Lipinski definition) is 5. The quantitative estimate of drug-likeness (QED) is 0.694. The molecule has 1 aromatic carbocycles. The van der Waals surface area contributed by atoms with Crippen molar-refractivity contribution in [2.24, 2.45) is 5.73 Å². The molecule has 1 unspecified atom stereocenters. The fourth-order valence-electron chi connectivity index (χ4n) is 3.39. The number of nitrogens with two attached hydrogens (primary N) is 1. The number of benzene rings is 1. The highest BCUT2D eigenvalue weighted by Crippen LogP contribution is 2.36. The number of nitrogens with one attached hydrogen (secondary N) is 2. The first-order valence-corrected chi connectivity index (χ1v) is 9.10. The molecule has 1 fully saturated rings. The van der Waals surface area contributed by atoms with Crippen molar-refractivity contribution in [2.75, 3.05) is 23.4 Å². The monoisotopic (exact) mass is 406 g/mol. The lowest BCUT2D eigenvalue weighted by Gasteiger charge is -2.19. The Bertz CT molecular complexity index is 963. The highest BCUT2D eigenvalue weighted by molar-refractivity contribution is 5.94. The van der Waals surface area contributed by atoms with Crippen molar-refractivity contribution in [3.63, 3.8) is 0 Å². The van der Waals surface area contributed by atoms with Crippen LogP contribution in [0.3, 0.4) is 0 Å². The summed E-state index contributed by atoms with van der Waals surface area (Å²) < 4.78 is 34.2. The van der Waals surface area contributed by atoms with Gasteiger partial charge in [-0.2, -0.15) is 0 Å². The molecule has 2 atom stereocenters. The van der Waals surface area contributed by atoms with Crippen LogP contribution < -0.4 is 26.0 Å². The smallest absolute Gasteiger partial charge is 0.323 e. The first-order chi connectivity index (χ1) is 13.8. The van der Waals surface area contributed by atoms with Crippen molar-refractivity contribution in [3.8, 4) is 17.1 Å². The molecule has 29 heavy (non-hydrogen) atoms. The minimum atomic E-state index is -2.69. The SMILES string of the molecule is C[C@H](Nc1ccc2c(c1)OCCn1cc(N3C(=O)NCC3C(F)F)nc1-2)C(N)=O. The van der Waals surface area contributed by atoms with E-state index < -0.39 is 30.4 Å². The number of primary amides is 1. The molecular weight excluding hydrogens is 386 g/mol. The van der Waals surface area contributed by atoms with Crippen molar-refractivity contribution in [1.29, 1.82) is 0 Å². The summed E-state index contributed by atoms with van der Waals surface area (Å²) >= 11 is 0. The predicted octanol–water partition coefficient (Wildman–Crippen LogP) is 1.39. The van der Waals surface area contributed by atoms with Crippen LogP contribution in [0.25, 0.3) is 11.4 Å². The average molecular weight is 406 g/mol. The molecule has 0 bridgehead atoms. The Morgan fingerprint density at radius 3 is 2.97 bits per heavy atom. The largest absolute Gasteiger partial charge is 0.491 e. The molecule has 2 aromatic rings. The fraction of sp³-hybridized carbons (Fsp3) is 0.389. The van der Waals surface area contributed by atoms with Crippen LogP contribution in [0.15, 0.2) is 24.4 Å². The summed E-state index contributed by atoms with van der Waals surface area (Å²) in [6.45, 7) is 2.28. The van der Waals surface area contributed by atoms with Gasteiger partial charge in [0.15, 0.2) is 5.82 Å². The summed E-state index contributed by atoms with van der Waals surface area (Å²) in [4.78, 5) is 28.8. The lowest BCUT2D eigenvalue weighted by molar-refractivity contribution is -0.118. The molecule has 4 N–H and O–H groups in total. The molecular formula is C18H20F2N6O3. The Morgan fingerprint density at radius 1 is 1.45 bits per heavy atom. The van der Waals surface area contributed by atoms with Crippen LogP contribution in [0, 0.1) is 0 Å². The van der Waals surface area contributed by atoms with Crippen molar-refractivity contribution in [2.45, 2.75) is 32.0 Å². The first-order valence-electron chi connectivity index (χ1n) is 9.10. The molecule has 1 aromatic heterocycles. The fourth-order valence-corrected chi connectivity index (χ4v) is 3.39. The van der Waals surface area contributed by atoms with E-state index in [1.54, 1.807) is 35.9 Å². The third-order valence-corrected chi connectivity index (χ3v) is 4.94. The van der Waals surface area contributed by atoms with Gasteiger partial charge in [-0.05, 0) is 19.1 Å². The van der Waals surface area contributed by atoms with Crippen molar-refractivity contribution >= 4 is 23.4 Å². The molecule has 0 radical (unpaired) electrons. The number of fused-ring (bicyclic) bond motifs is 3. The van der Waals surface area contributed by atoms with Gasteiger partial charge in [-0.15, -0.1) is 0 Å². The molecule has 154 valence electrons. The average Bonchev–Trinajstić information content (AvgIpc) is 3.21. The molecule has 11 heteroatoms. The molecule has 0 aliphatic carbocycles. The number of amides is 3. The van der Waals surface area contributed by atoms with Crippen molar-refractivity contribution in [1.82, 2.24) is 14.9 Å². The zero-order valence-corrected chi connectivity index (χ0v) is 15.6. The summed E-state index contributed by atoms with van der Waals surface area (Å²) in [6, 6.07) is 2.81. The van der Waals surface area contributed by atoms with Gasteiger partial charge in [-0.1, -0.05) is 0 Å². The standard InChI is InChI=1S/C18H20F2N6O3/c1-9(16(21)27)23-10-2-3-11-13(6-10)29-5-4-25-8-14(24-17(11)25)26-12(15(19)20)7-22-18(26)28/h2-3,6,8-9,12,15,23H,4-5,7H2,1H3,(H2,21,27)(H,22,28)/t9-,12?/m0/s1. The molecule has 1 saturated heterocycles. The van der Waals surface area contributed by atoms with Gasteiger partial charge >= 0.3 is 6.03 Å². The maximum absolute atomic E-state index is 13.3. The second kappa shape index (κ2) is 7.22. The van der Waals surface area contributed by atoms with Gasteiger partial charge in [0, 0.05) is 24.5 Å². The molecule has 4 rings (SSSR count).